The van der Waals surface area contributed by atoms with E-state index in [1.54, 1.807) is 12.4 Å². The van der Waals surface area contributed by atoms with Crippen LogP contribution in [0.4, 0.5) is 0 Å². The Morgan fingerprint density at radius 3 is 2.55 bits per heavy atom. The minimum atomic E-state index is -0.995. The molecule has 2 aromatic carbocycles. The van der Waals surface area contributed by atoms with E-state index in [-0.39, 0.29) is 12.3 Å². The number of fused-ring (bicyclic) bond motifs is 1. The summed E-state index contributed by atoms with van der Waals surface area (Å²) in [5.74, 6) is 0.411. The standard InChI is InChI=1S/C31H31ClN4O4/c1-18-14-22(15-19(2)28(18)32)39-13-7-11-24-23-9-5-10-25(29(23)34-30(24)31(37)38)27-20(3)36(4)35-26(27)17-40-21-8-6-12-33-16-21/h5-6,8-10,12,14-16,34H,7,11,13,17H2,1-4H3,(H,37,38). The molecule has 3 aromatic heterocycles. The first-order valence-corrected chi connectivity index (χ1v) is 13.4. The number of aromatic amines is 1. The van der Waals surface area contributed by atoms with Crippen LogP contribution in [0.1, 0.15) is 45.0 Å². The number of benzene rings is 2. The lowest BCUT2D eigenvalue weighted by Gasteiger charge is -2.10. The van der Waals surface area contributed by atoms with Gasteiger partial charge in [0.2, 0.25) is 0 Å². The summed E-state index contributed by atoms with van der Waals surface area (Å²) < 4.78 is 13.8. The summed E-state index contributed by atoms with van der Waals surface area (Å²) in [5.41, 5.74) is 7.14. The zero-order valence-corrected chi connectivity index (χ0v) is 23.7. The first kappa shape index (κ1) is 27.3. The van der Waals surface area contributed by atoms with Gasteiger partial charge in [0.05, 0.1) is 18.3 Å². The average Bonchev–Trinajstić information content (AvgIpc) is 3.45. The summed E-state index contributed by atoms with van der Waals surface area (Å²) in [6.07, 6.45) is 4.54. The van der Waals surface area contributed by atoms with E-state index < -0.39 is 5.97 Å². The Morgan fingerprint density at radius 2 is 1.85 bits per heavy atom. The molecule has 0 saturated heterocycles. The molecule has 0 spiro atoms. The summed E-state index contributed by atoms with van der Waals surface area (Å²) in [5, 5.41) is 16.4. The van der Waals surface area contributed by atoms with Crippen LogP contribution in [0.15, 0.2) is 54.9 Å². The van der Waals surface area contributed by atoms with Gasteiger partial charge in [-0.1, -0.05) is 29.8 Å². The number of rotatable bonds is 10. The van der Waals surface area contributed by atoms with Crippen LogP contribution in [0.2, 0.25) is 5.02 Å². The van der Waals surface area contributed by atoms with E-state index in [0.29, 0.717) is 25.2 Å². The van der Waals surface area contributed by atoms with Crippen molar-refractivity contribution in [3.8, 4) is 22.6 Å². The fraction of sp³-hybridized carbons (Fsp3) is 0.258. The first-order chi connectivity index (χ1) is 19.2. The number of carboxylic acid groups (broad SMARTS) is 1. The molecule has 3 heterocycles. The van der Waals surface area contributed by atoms with E-state index in [9.17, 15) is 9.90 Å². The number of carboxylic acids is 1. The molecule has 0 amide bonds. The Morgan fingerprint density at radius 1 is 1.07 bits per heavy atom. The predicted molar refractivity (Wildman–Crippen MR) is 156 cm³/mol. The molecule has 0 unspecified atom stereocenters. The van der Waals surface area contributed by atoms with Gasteiger partial charge in [0.15, 0.2) is 0 Å². The highest BCUT2D eigenvalue weighted by atomic mass is 35.5. The van der Waals surface area contributed by atoms with Crippen LogP contribution in [0.25, 0.3) is 22.0 Å². The number of aromatic nitrogens is 4. The summed E-state index contributed by atoms with van der Waals surface area (Å²) >= 11 is 6.28. The molecule has 0 aliphatic heterocycles. The number of ether oxygens (including phenoxy) is 2. The Balaban J connectivity index is 1.43. The predicted octanol–water partition coefficient (Wildman–Crippen LogP) is 6.83. The third-order valence-electron chi connectivity index (χ3n) is 7.09. The summed E-state index contributed by atoms with van der Waals surface area (Å²) in [7, 11) is 1.89. The molecular weight excluding hydrogens is 528 g/mol. The molecule has 40 heavy (non-hydrogen) atoms. The van der Waals surface area contributed by atoms with Crippen LogP contribution in [-0.2, 0) is 20.1 Å². The highest BCUT2D eigenvalue weighted by Gasteiger charge is 2.23. The number of H-pyrrole nitrogens is 1. The van der Waals surface area contributed by atoms with Gasteiger partial charge in [-0.05, 0) is 74.6 Å². The zero-order chi connectivity index (χ0) is 28.4. The maximum absolute atomic E-state index is 12.3. The van der Waals surface area contributed by atoms with Gasteiger partial charge in [0.25, 0.3) is 0 Å². The number of nitrogens with one attached hydrogen (secondary N) is 1. The fourth-order valence-corrected chi connectivity index (χ4v) is 5.17. The smallest absolute Gasteiger partial charge is 0.352 e. The zero-order valence-electron chi connectivity index (χ0n) is 22.9. The Bertz CT molecular complexity index is 1670. The van der Waals surface area contributed by atoms with Crippen LogP contribution in [0.5, 0.6) is 11.5 Å². The second-order valence-electron chi connectivity index (χ2n) is 9.84. The molecule has 0 aliphatic rings. The molecular formula is C31H31ClN4O4. The van der Waals surface area contributed by atoms with Crippen molar-refractivity contribution in [2.24, 2.45) is 7.05 Å². The lowest BCUT2D eigenvalue weighted by molar-refractivity contribution is 0.0690. The second-order valence-corrected chi connectivity index (χ2v) is 10.2. The van der Waals surface area contributed by atoms with E-state index in [2.05, 4.69) is 9.97 Å². The normalized spacial score (nSPS) is 11.2. The lowest BCUT2D eigenvalue weighted by atomic mass is 9.98. The van der Waals surface area contributed by atoms with Crippen LogP contribution < -0.4 is 9.47 Å². The number of para-hydroxylation sites is 1. The Kier molecular flexibility index (Phi) is 7.80. The lowest BCUT2D eigenvalue weighted by Crippen LogP contribution is -2.04. The van der Waals surface area contributed by atoms with E-state index in [4.69, 9.17) is 26.2 Å². The second kappa shape index (κ2) is 11.4. The molecule has 9 heteroatoms. The Hall–Kier alpha value is -4.30. The highest BCUT2D eigenvalue weighted by Crippen LogP contribution is 2.36. The molecule has 2 N–H and O–H groups in total. The summed E-state index contributed by atoms with van der Waals surface area (Å²) in [4.78, 5) is 19.6. The van der Waals surface area contributed by atoms with Gasteiger partial charge in [-0.2, -0.15) is 5.10 Å². The molecule has 0 aliphatic carbocycles. The number of pyridine rings is 1. The van der Waals surface area contributed by atoms with Gasteiger partial charge in [-0.15, -0.1) is 0 Å². The molecule has 0 atom stereocenters. The molecule has 0 saturated carbocycles. The summed E-state index contributed by atoms with van der Waals surface area (Å²) in [6, 6.07) is 13.4. The summed E-state index contributed by atoms with van der Waals surface area (Å²) in [6.45, 7) is 6.59. The number of nitrogens with zero attached hydrogens (tertiary/aromatic N) is 3. The van der Waals surface area contributed by atoms with Gasteiger partial charge >= 0.3 is 5.97 Å². The van der Waals surface area contributed by atoms with Crippen molar-refractivity contribution in [3.63, 3.8) is 0 Å². The molecule has 5 aromatic rings. The third-order valence-corrected chi connectivity index (χ3v) is 7.69. The van der Waals surface area contributed by atoms with Crippen molar-refractivity contribution in [1.29, 1.82) is 0 Å². The number of aromatic carboxylic acids is 1. The van der Waals surface area contributed by atoms with Crippen molar-refractivity contribution in [2.45, 2.75) is 40.2 Å². The van der Waals surface area contributed by atoms with Gasteiger partial charge < -0.3 is 19.6 Å². The molecule has 0 fully saturated rings. The molecule has 206 valence electrons. The number of halogens is 1. The maximum Gasteiger partial charge on any atom is 0.352 e. The van der Waals surface area contributed by atoms with E-state index >= 15 is 0 Å². The maximum atomic E-state index is 12.3. The highest BCUT2D eigenvalue weighted by molar-refractivity contribution is 6.32. The van der Waals surface area contributed by atoms with Crippen LogP contribution >= 0.6 is 11.6 Å². The third kappa shape index (κ3) is 5.40. The number of carbonyl (C=O) groups is 1. The Labute approximate surface area is 237 Å². The fourth-order valence-electron chi connectivity index (χ4n) is 5.06. The van der Waals surface area contributed by atoms with Crippen molar-refractivity contribution in [1.82, 2.24) is 19.7 Å². The van der Waals surface area contributed by atoms with Gasteiger partial charge in [-0.3, -0.25) is 9.67 Å². The SMILES string of the molecule is Cc1cc(OCCCc2c(C(=O)O)[nH]c3c(-c4c(COc5cccnc5)nn(C)c4C)cccc23)cc(C)c1Cl. The van der Waals surface area contributed by atoms with Crippen molar-refractivity contribution >= 4 is 28.5 Å². The van der Waals surface area contributed by atoms with Crippen molar-refractivity contribution in [2.75, 3.05) is 6.61 Å². The minimum absolute atomic E-state index is 0.190. The minimum Gasteiger partial charge on any atom is -0.494 e. The van der Waals surface area contributed by atoms with E-state index in [1.807, 2.05) is 75.0 Å². The molecule has 0 bridgehead atoms. The van der Waals surface area contributed by atoms with Crippen molar-refractivity contribution < 1.29 is 19.4 Å². The van der Waals surface area contributed by atoms with E-state index in [1.165, 1.54) is 0 Å². The molecule has 8 nitrogen and oxygen atoms in total. The van der Waals surface area contributed by atoms with Gasteiger partial charge in [0, 0.05) is 40.5 Å². The van der Waals surface area contributed by atoms with Crippen LogP contribution in [-0.4, -0.2) is 37.4 Å². The molecule has 0 radical (unpaired) electrons. The van der Waals surface area contributed by atoms with Gasteiger partial charge in [0.1, 0.15) is 29.5 Å². The van der Waals surface area contributed by atoms with Crippen LogP contribution in [0, 0.1) is 20.8 Å². The number of aryl methyl sites for hydroxylation is 4. The first-order valence-electron chi connectivity index (χ1n) is 13.1. The van der Waals surface area contributed by atoms with Crippen LogP contribution in [0.3, 0.4) is 0 Å². The van der Waals surface area contributed by atoms with Crippen molar-refractivity contribution in [3.05, 3.63) is 93.7 Å². The topological polar surface area (TPSA) is 102 Å². The average molecular weight is 559 g/mol. The number of hydrogen-bond acceptors (Lipinski definition) is 5. The van der Waals surface area contributed by atoms with E-state index in [0.717, 1.165) is 60.9 Å². The quantitative estimate of drug-likeness (QED) is 0.182. The monoisotopic (exact) mass is 558 g/mol. The largest absolute Gasteiger partial charge is 0.494 e. The number of hydrogen-bond donors (Lipinski definition) is 2. The molecule has 5 rings (SSSR count). The van der Waals surface area contributed by atoms with Gasteiger partial charge in [-0.25, -0.2) is 4.79 Å².